The van der Waals surface area contributed by atoms with Crippen molar-refractivity contribution in [1.29, 1.82) is 0 Å². The summed E-state index contributed by atoms with van der Waals surface area (Å²) in [6.45, 7) is 6.94. The maximum absolute atomic E-state index is 13.5. The summed E-state index contributed by atoms with van der Waals surface area (Å²) in [6, 6.07) is -0.860. The van der Waals surface area contributed by atoms with E-state index >= 15 is 0 Å². The Hall–Kier alpha value is -2.55. The number of quaternary nitrogens is 1. The molecule has 9 nitrogen and oxygen atoms in total. The molecule has 0 aromatic heterocycles. The molecule has 0 spiro atoms. The van der Waals surface area contributed by atoms with E-state index in [-0.39, 0.29) is 31.5 Å². The van der Waals surface area contributed by atoms with E-state index in [0.29, 0.717) is 17.4 Å². The van der Waals surface area contributed by atoms with Crippen LogP contribution < -0.4 is 5.32 Å². The summed E-state index contributed by atoms with van der Waals surface area (Å²) in [7, 11) is 1.48. The van der Waals surface area contributed by atoms with Crippen molar-refractivity contribution >= 4 is 19.7 Å². The second-order valence-corrected chi connectivity index (χ2v) is 23.0. The Labute approximate surface area is 451 Å². The molecule has 3 unspecified atom stereocenters. The molecule has 0 bridgehead atoms. The minimum absolute atomic E-state index is 0.0337. The second kappa shape index (κ2) is 52.9. The smallest absolute Gasteiger partial charge is 0.456 e. The van der Waals surface area contributed by atoms with Crippen LogP contribution in [0, 0.1) is 0 Å². The van der Waals surface area contributed by atoms with Gasteiger partial charge in [0.15, 0.2) is 0 Å². The van der Waals surface area contributed by atoms with Crippen LogP contribution in [0.3, 0.4) is 0 Å². The van der Waals surface area contributed by atoms with Crippen molar-refractivity contribution < 1.29 is 37.3 Å². The van der Waals surface area contributed by atoms with Gasteiger partial charge in [-0.25, -0.2) is 4.57 Å². The van der Waals surface area contributed by atoms with Gasteiger partial charge in [-0.1, -0.05) is 222 Å². The highest BCUT2D eigenvalue weighted by atomic mass is 31.2. The topological polar surface area (TPSA) is 111 Å². The van der Waals surface area contributed by atoms with Crippen LogP contribution in [0.5, 0.6) is 0 Å². The average molecular weight is 1040 g/mol. The van der Waals surface area contributed by atoms with E-state index in [0.717, 1.165) is 103 Å². The van der Waals surface area contributed by atoms with Crippen LogP contribution >= 0.6 is 7.82 Å². The molecule has 0 aliphatic rings. The Balaban J connectivity index is 5.29. The van der Waals surface area contributed by atoms with Crippen LogP contribution in [0.2, 0.25) is 0 Å². The van der Waals surface area contributed by atoms with Crippen LogP contribution in [0.4, 0.5) is 0 Å². The number of phosphoric ester groups is 1. The van der Waals surface area contributed by atoms with Gasteiger partial charge in [0.05, 0.1) is 33.8 Å². The van der Waals surface area contributed by atoms with Crippen molar-refractivity contribution in [3.63, 3.8) is 0 Å². The molecule has 424 valence electrons. The number of unbranched alkanes of at least 4 members (excludes halogenated alkanes) is 28. The number of amides is 1. The number of ether oxygens (including phenoxy) is 1. The highest BCUT2D eigenvalue weighted by Gasteiger charge is 2.30. The molecule has 0 saturated heterocycles. The monoisotopic (exact) mass is 1040 g/mol. The van der Waals surface area contributed by atoms with Crippen LogP contribution in [0.25, 0.3) is 0 Å². The van der Waals surface area contributed by atoms with Crippen LogP contribution in [0.15, 0.2) is 72.9 Å². The fourth-order valence-electron chi connectivity index (χ4n) is 8.39. The Kier molecular flexibility index (Phi) is 51.0. The number of nitrogens with one attached hydrogen (secondary N) is 1. The largest absolute Gasteiger partial charge is 0.472 e. The van der Waals surface area contributed by atoms with Gasteiger partial charge in [-0.2, -0.15) is 0 Å². The highest BCUT2D eigenvalue weighted by Crippen LogP contribution is 2.43. The summed E-state index contributed by atoms with van der Waals surface area (Å²) in [5.74, 6) is -0.529. The predicted octanol–water partition coefficient (Wildman–Crippen LogP) is 18.4. The molecule has 0 radical (unpaired) electrons. The van der Waals surface area contributed by atoms with Gasteiger partial charge in [-0.05, 0) is 102 Å². The van der Waals surface area contributed by atoms with Gasteiger partial charge in [0.1, 0.15) is 19.3 Å². The second-order valence-electron chi connectivity index (χ2n) is 21.5. The zero-order valence-electron chi connectivity index (χ0n) is 48.4. The third-order valence-corrected chi connectivity index (χ3v) is 14.1. The first-order valence-electron chi connectivity index (χ1n) is 30.3. The Bertz CT molecular complexity index is 1480. The first kappa shape index (κ1) is 70.5. The van der Waals surface area contributed by atoms with E-state index in [1.54, 1.807) is 0 Å². The van der Waals surface area contributed by atoms with Crippen molar-refractivity contribution in [3.05, 3.63) is 72.9 Å². The molecule has 2 N–H and O–H groups in total. The lowest BCUT2D eigenvalue weighted by atomic mass is 10.1. The van der Waals surface area contributed by atoms with Gasteiger partial charge in [0.2, 0.25) is 5.91 Å². The molecule has 1 amide bonds. The molecule has 0 rings (SSSR count). The molecule has 0 aromatic rings. The summed E-state index contributed by atoms with van der Waals surface area (Å²) in [5, 5.41) is 3.04. The lowest BCUT2D eigenvalue weighted by Gasteiger charge is -2.27. The third kappa shape index (κ3) is 54.1. The number of rotatable bonds is 54. The number of hydrogen-bond donors (Lipinski definition) is 2. The minimum Gasteiger partial charge on any atom is -0.456 e. The number of nitrogens with zero attached hydrogens (tertiary/aromatic N) is 1. The summed E-state index contributed by atoms with van der Waals surface area (Å²) in [5.41, 5.74) is 0. The fraction of sp³-hybridized carbons (Fsp3) is 0.778. The zero-order chi connectivity index (χ0) is 53.6. The molecule has 3 atom stereocenters. The molecular weight excluding hydrogens is 928 g/mol. The molecule has 0 aromatic carbocycles. The Morgan fingerprint density at radius 1 is 0.479 bits per heavy atom. The minimum atomic E-state index is -4.45. The fourth-order valence-corrected chi connectivity index (χ4v) is 9.12. The lowest BCUT2D eigenvalue weighted by Crippen LogP contribution is -2.47. The molecule has 0 saturated carbocycles. The lowest BCUT2D eigenvalue weighted by molar-refractivity contribution is -0.870. The van der Waals surface area contributed by atoms with E-state index in [1.807, 2.05) is 33.3 Å². The standard InChI is InChI=1S/C63H115N2O7P/c1-7-10-13-16-19-22-25-27-29-31-32-34-35-37-40-43-46-49-52-55-62(66)64-60(59-71-73(68,69)70-58-57-65(4,5)6)61(54-51-48-45-42-39-24-21-18-15-12-9-3)72-63(67)56-53-50-47-44-41-38-36-33-30-28-26-23-20-17-14-11-8-2/h19-20,22-23,27-30,32,34,51,54,60-61H,7-18,21,24-26,31,33,35-50,52-53,55-59H2,1-6H3,(H-,64,66,68,69)/p+1/b22-19-,23-20-,29-27-,30-28-,34-32-,54-51+. The number of allylic oxidation sites excluding steroid dienone is 11. The predicted molar refractivity (Wildman–Crippen MR) is 314 cm³/mol. The van der Waals surface area contributed by atoms with Gasteiger partial charge in [-0.15, -0.1) is 0 Å². The van der Waals surface area contributed by atoms with Crippen LogP contribution in [-0.2, 0) is 27.9 Å². The van der Waals surface area contributed by atoms with Crippen LogP contribution in [0.1, 0.15) is 265 Å². The highest BCUT2D eigenvalue weighted by molar-refractivity contribution is 7.47. The van der Waals surface area contributed by atoms with Crippen molar-refractivity contribution in [2.24, 2.45) is 0 Å². The summed E-state index contributed by atoms with van der Waals surface area (Å²) >= 11 is 0. The first-order valence-corrected chi connectivity index (χ1v) is 31.8. The van der Waals surface area contributed by atoms with E-state index in [4.69, 9.17) is 13.8 Å². The van der Waals surface area contributed by atoms with Crippen molar-refractivity contribution in [1.82, 2.24) is 5.32 Å². The Morgan fingerprint density at radius 2 is 0.836 bits per heavy atom. The zero-order valence-corrected chi connectivity index (χ0v) is 49.3. The maximum Gasteiger partial charge on any atom is 0.472 e. The quantitative estimate of drug-likeness (QED) is 0.0205. The van der Waals surface area contributed by atoms with Crippen molar-refractivity contribution in [3.8, 4) is 0 Å². The van der Waals surface area contributed by atoms with Gasteiger partial charge >= 0.3 is 13.8 Å². The molecule has 0 heterocycles. The summed E-state index contributed by atoms with van der Waals surface area (Å²) in [6.07, 6.45) is 67.5. The maximum atomic E-state index is 13.5. The number of carbonyl (C=O) groups is 2. The van der Waals surface area contributed by atoms with Gasteiger partial charge in [0, 0.05) is 12.8 Å². The van der Waals surface area contributed by atoms with Gasteiger partial charge in [-0.3, -0.25) is 18.6 Å². The molecular formula is C63H116N2O7P+. The average Bonchev–Trinajstić information content (AvgIpc) is 3.35. The van der Waals surface area contributed by atoms with Crippen LogP contribution in [-0.4, -0.2) is 74.3 Å². The number of likely N-dealkylation sites (N-methyl/N-ethyl adjacent to an activating group) is 1. The number of hydrogen-bond acceptors (Lipinski definition) is 6. The van der Waals surface area contributed by atoms with Gasteiger partial charge in [0.25, 0.3) is 0 Å². The number of carbonyl (C=O) groups excluding carboxylic acids is 2. The third-order valence-electron chi connectivity index (χ3n) is 13.1. The van der Waals surface area contributed by atoms with E-state index in [2.05, 4.69) is 86.8 Å². The normalized spacial score (nSPS) is 14.2. The van der Waals surface area contributed by atoms with E-state index < -0.39 is 20.0 Å². The van der Waals surface area contributed by atoms with E-state index in [1.165, 1.54) is 128 Å². The number of phosphoric acid groups is 1. The number of esters is 1. The SMILES string of the molecule is CCCCC/C=C\C/C=C\C/C=C\CCCCCCCCC(=O)NC(COP(=O)(O)OCC[N+](C)(C)C)C(/C=C/CCCCCCCCCCC)OC(=O)CCCCCCCCC/C=C\C/C=C\CCCCC. The van der Waals surface area contributed by atoms with Crippen molar-refractivity contribution in [2.45, 2.75) is 277 Å². The van der Waals surface area contributed by atoms with E-state index in [9.17, 15) is 19.0 Å². The summed E-state index contributed by atoms with van der Waals surface area (Å²) in [4.78, 5) is 37.6. The molecule has 73 heavy (non-hydrogen) atoms. The molecule has 0 aliphatic heterocycles. The Morgan fingerprint density at radius 3 is 1.27 bits per heavy atom. The molecule has 10 heteroatoms. The molecule has 0 aliphatic carbocycles. The molecule has 0 fully saturated rings. The van der Waals surface area contributed by atoms with Crippen molar-refractivity contribution in [2.75, 3.05) is 40.9 Å². The van der Waals surface area contributed by atoms with Gasteiger partial charge < -0.3 is 19.4 Å². The first-order chi connectivity index (χ1) is 35.4. The summed E-state index contributed by atoms with van der Waals surface area (Å²) < 4.78 is 30.6.